The maximum Gasteiger partial charge on any atom is 0.393 e. The maximum atomic E-state index is 12.7. The highest BCUT2D eigenvalue weighted by Gasteiger charge is 2.42. The quantitative estimate of drug-likeness (QED) is 0.737. The minimum absolute atomic E-state index is 0.0906. The van der Waals surface area contributed by atoms with Crippen molar-refractivity contribution in [1.82, 2.24) is 9.88 Å². The van der Waals surface area contributed by atoms with Crippen molar-refractivity contribution in [2.24, 2.45) is 5.92 Å². The summed E-state index contributed by atoms with van der Waals surface area (Å²) < 4.78 is 38.6. The Morgan fingerprint density at radius 1 is 1.47 bits per heavy atom. The van der Waals surface area contributed by atoms with Crippen LogP contribution in [-0.2, 0) is 0 Å². The fraction of sp³-hybridized carbons (Fsp3) is 0.500. The highest BCUT2D eigenvalue weighted by molar-refractivity contribution is 9.10. The third-order valence-corrected chi connectivity index (χ3v) is 3.58. The van der Waals surface area contributed by atoms with Crippen LogP contribution in [0.4, 0.5) is 13.2 Å². The maximum absolute atomic E-state index is 12.7. The van der Waals surface area contributed by atoms with Gasteiger partial charge in [0.2, 0.25) is 0 Å². The number of carbonyl (C=O) groups is 1. The van der Waals surface area contributed by atoms with Crippen LogP contribution >= 0.6 is 15.9 Å². The lowest BCUT2D eigenvalue weighted by Gasteiger charge is -2.33. The van der Waals surface area contributed by atoms with E-state index in [0.717, 1.165) is 0 Å². The van der Waals surface area contributed by atoms with Crippen molar-refractivity contribution >= 4 is 21.8 Å². The summed E-state index contributed by atoms with van der Waals surface area (Å²) in [5.41, 5.74) is 0.352. The van der Waals surface area contributed by atoms with Gasteiger partial charge in [-0.25, -0.2) is 4.98 Å². The highest BCUT2D eigenvalue weighted by atomic mass is 79.9. The van der Waals surface area contributed by atoms with Gasteiger partial charge in [-0.2, -0.15) is 13.2 Å². The molecule has 104 valence electrons. The van der Waals surface area contributed by atoms with Crippen molar-refractivity contribution < 1.29 is 18.0 Å². The van der Waals surface area contributed by atoms with Crippen LogP contribution in [0.1, 0.15) is 23.2 Å². The Bertz CT molecular complexity index is 478. The van der Waals surface area contributed by atoms with E-state index in [4.69, 9.17) is 0 Å². The van der Waals surface area contributed by atoms with Crippen LogP contribution in [-0.4, -0.2) is 35.1 Å². The normalized spacial score (nSPS) is 20.4. The molecule has 0 aliphatic carbocycles. The van der Waals surface area contributed by atoms with Crippen molar-refractivity contribution in [2.45, 2.75) is 19.0 Å². The molecule has 1 amide bonds. The van der Waals surface area contributed by atoms with E-state index < -0.39 is 12.1 Å². The number of likely N-dealkylation sites (tertiary alicyclic amines) is 1. The van der Waals surface area contributed by atoms with E-state index in [1.54, 1.807) is 0 Å². The molecule has 1 saturated heterocycles. The monoisotopic (exact) mass is 336 g/mol. The Balaban J connectivity index is 2.11. The minimum Gasteiger partial charge on any atom is -0.338 e. The van der Waals surface area contributed by atoms with Gasteiger partial charge in [0.15, 0.2) is 0 Å². The predicted molar refractivity (Wildman–Crippen MR) is 66.6 cm³/mol. The SMILES string of the molecule is O=C(c1ccnc(Br)c1)N1CCCC(C(F)(F)F)C1. The second kappa shape index (κ2) is 5.48. The number of hydrogen-bond acceptors (Lipinski definition) is 2. The van der Waals surface area contributed by atoms with Crippen LogP contribution in [0.5, 0.6) is 0 Å². The fourth-order valence-electron chi connectivity index (χ4n) is 2.15. The Labute approximate surface area is 116 Å². The van der Waals surface area contributed by atoms with E-state index in [2.05, 4.69) is 20.9 Å². The molecule has 0 bridgehead atoms. The van der Waals surface area contributed by atoms with Gasteiger partial charge >= 0.3 is 6.18 Å². The molecule has 1 atom stereocenters. The smallest absolute Gasteiger partial charge is 0.338 e. The van der Waals surface area contributed by atoms with Crippen molar-refractivity contribution in [2.75, 3.05) is 13.1 Å². The van der Waals surface area contributed by atoms with E-state index >= 15 is 0 Å². The number of amides is 1. The number of rotatable bonds is 1. The molecule has 3 nitrogen and oxygen atoms in total. The number of halogens is 4. The molecule has 1 fully saturated rings. The number of piperidine rings is 1. The van der Waals surface area contributed by atoms with Gasteiger partial charge in [0, 0.05) is 24.8 Å². The van der Waals surface area contributed by atoms with Crippen LogP contribution in [0.3, 0.4) is 0 Å². The van der Waals surface area contributed by atoms with Gasteiger partial charge in [-0.3, -0.25) is 4.79 Å². The first-order valence-electron chi connectivity index (χ1n) is 5.85. The Morgan fingerprint density at radius 2 is 2.21 bits per heavy atom. The van der Waals surface area contributed by atoms with Gasteiger partial charge < -0.3 is 4.90 Å². The van der Waals surface area contributed by atoms with E-state index in [0.29, 0.717) is 23.1 Å². The first-order valence-corrected chi connectivity index (χ1v) is 6.65. The third-order valence-electron chi connectivity index (χ3n) is 3.15. The predicted octanol–water partition coefficient (Wildman–Crippen LogP) is 3.26. The lowest BCUT2D eigenvalue weighted by Crippen LogP contribution is -2.44. The highest BCUT2D eigenvalue weighted by Crippen LogP contribution is 2.33. The summed E-state index contributed by atoms with van der Waals surface area (Å²) >= 11 is 3.14. The number of aromatic nitrogens is 1. The van der Waals surface area contributed by atoms with Crippen molar-refractivity contribution in [3.05, 3.63) is 28.5 Å². The molecule has 0 saturated carbocycles. The molecule has 0 spiro atoms. The lowest BCUT2D eigenvalue weighted by atomic mass is 9.97. The molecule has 1 aliphatic rings. The average molecular weight is 337 g/mol. The molecule has 1 unspecified atom stereocenters. The van der Waals surface area contributed by atoms with Gasteiger partial charge in [-0.05, 0) is 40.9 Å². The summed E-state index contributed by atoms with van der Waals surface area (Å²) in [6, 6.07) is 3.02. The van der Waals surface area contributed by atoms with E-state index in [-0.39, 0.29) is 18.9 Å². The molecule has 1 aliphatic heterocycles. The molecule has 2 rings (SSSR count). The first kappa shape index (κ1) is 14.3. The standard InChI is InChI=1S/C12H12BrF3N2O/c13-10-6-8(3-4-17-10)11(19)18-5-1-2-9(7-18)12(14,15)16/h3-4,6,9H,1-2,5,7H2. The zero-order valence-corrected chi connectivity index (χ0v) is 11.5. The molecular weight excluding hydrogens is 325 g/mol. The summed E-state index contributed by atoms with van der Waals surface area (Å²) in [5.74, 6) is -1.80. The number of alkyl halides is 3. The summed E-state index contributed by atoms with van der Waals surface area (Å²) in [7, 11) is 0. The van der Waals surface area contributed by atoms with Crippen LogP contribution in [0.2, 0.25) is 0 Å². The fourth-order valence-corrected chi connectivity index (χ4v) is 2.51. The number of hydrogen-bond donors (Lipinski definition) is 0. The minimum atomic E-state index is -4.24. The molecule has 0 aromatic carbocycles. The number of carbonyl (C=O) groups excluding carboxylic acids is 1. The second-order valence-corrected chi connectivity index (χ2v) is 5.31. The Kier molecular flexibility index (Phi) is 4.13. The molecule has 1 aromatic rings. The molecule has 0 radical (unpaired) electrons. The van der Waals surface area contributed by atoms with Gasteiger partial charge in [0.05, 0.1) is 5.92 Å². The zero-order valence-electron chi connectivity index (χ0n) is 9.95. The van der Waals surface area contributed by atoms with Crippen LogP contribution in [0.15, 0.2) is 22.9 Å². The van der Waals surface area contributed by atoms with Crippen LogP contribution < -0.4 is 0 Å². The lowest BCUT2D eigenvalue weighted by molar-refractivity contribution is -0.184. The number of pyridine rings is 1. The Morgan fingerprint density at radius 3 is 2.84 bits per heavy atom. The third kappa shape index (κ3) is 3.46. The van der Waals surface area contributed by atoms with Crippen molar-refractivity contribution in [1.29, 1.82) is 0 Å². The summed E-state index contributed by atoms with van der Waals surface area (Å²) in [6.45, 7) is 0.105. The first-order chi connectivity index (χ1) is 8.88. The van der Waals surface area contributed by atoms with Crippen LogP contribution in [0, 0.1) is 5.92 Å². The summed E-state index contributed by atoms with van der Waals surface area (Å²) in [4.78, 5) is 17.3. The molecule has 7 heteroatoms. The molecule has 0 N–H and O–H groups in total. The average Bonchev–Trinajstić information content (AvgIpc) is 2.37. The molecule has 19 heavy (non-hydrogen) atoms. The largest absolute Gasteiger partial charge is 0.393 e. The van der Waals surface area contributed by atoms with Crippen molar-refractivity contribution in [3.8, 4) is 0 Å². The van der Waals surface area contributed by atoms with Gasteiger partial charge in [0.1, 0.15) is 4.60 Å². The summed E-state index contributed by atoms with van der Waals surface area (Å²) in [5, 5.41) is 0. The molecule has 1 aromatic heterocycles. The molecular formula is C12H12BrF3N2O. The molecule has 2 heterocycles. The van der Waals surface area contributed by atoms with Crippen molar-refractivity contribution in [3.63, 3.8) is 0 Å². The topological polar surface area (TPSA) is 33.2 Å². The van der Waals surface area contributed by atoms with Gasteiger partial charge in [0.25, 0.3) is 5.91 Å². The van der Waals surface area contributed by atoms with Gasteiger partial charge in [-0.15, -0.1) is 0 Å². The van der Waals surface area contributed by atoms with E-state index in [1.807, 2.05) is 0 Å². The van der Waals surface area contributed by atoms with Gasteiger partial charge in [-0.1, -0.05) is 0 Å². The second-order valence-electron chi connectivity index (χ2n) is 4.50. The number of nitrogens with zero attached hydrogens (tertiary/aromatic N) is 2. The zero-order chi connectivity index (χ0) is 14.0. The summed E-state index contributed by atoms with van der Waals surface area (Å²) in [6.07, 6.45) is -2.32. The van der Waals surface area contributed by atoms with E-state index in [1.165, 1.54) is 23.2 Å². The van der Waals surface area contributed by atoms with Crippen LogP contribution in [0.25, 0.3) is 0 Å². The van der Waals surface area contributed by atoms with E-state index in [9.17, 15) is 18.0 Å². The Hall–Kier alpha value is -1.11.